The second kappa shape index (κ2) is 4.98. The van der Waals surface area contributed by atoms with Crippen molar-refractivity contribution in [3.63, 3.8) is 0 Å². The molecule has 1 heterocycles. The van der Waals surface area contributed by atoms with Crippen molar-refractivity contribution in [3.8, 4) is 0 Å². The van der Waals surface area contributed by atoms with Crippen molar-refractivity contribution in [2.75, 3.05) is 5.32 Å². The molecule has 0 saturated heterocycles. The van der Waals surface area contributed by atoms with E-state index in [2.05, 4.69) is 58.1 Å². The van der Waals surface area contributed by atoms with Crippen LogP contribution in [0.15, 0.2) is 18.2 Å². The quantitative estimate of drug-likeness (QED) is 0.778. The fraction of sp³-hybridized carbons (Fsp3) is 0.611. The zero-order valence-electron chi connectivity index (χ0n) is 13.8. The van der Waals surface area contributed by atoms with Gasteiger partial charge in [-0.1, -0.05) is 45.1 Å². The van der Waals surface area contributed by atoms with Gasteiger partial charge in [0.25, 0.3) is 0 Å². The van der Waals surface area contributed by atoms with E-state index in [9.17, 15) is 0 Å². The van der Waals surface area contributed by atoms with Crippen LogP contribution >= 0.6 is 11.3 Å². The lowest BCUT2D eigenvalue weighted by molar-refractivity contribution is 0.105. The van der Waals surface area contributed by atoms with E-state index >= 15 is 0 Å². The maximum absolute atomic E-state index is 4.77. The Balaban J connectivity index is 1.81. The molecule has 114 valence electrons. The highest BCUT2D eigenvalue weighted by molar-refractivity contribution is 7.22. The highest BCUT2D eigenvalue weighted by Gasteiger charge is 2.38. The van der Waals surface area contributed by atoms with Crippen molar-refractivity contribution >= 4 is 26.7 Å². The van der Waals surface area contributed by atoms with E-state index in [1.165, 1.54) is 29.5 Å². The van der Waals surface area contributed by atoms with Crippen LogP contribution in [0, 0.1) is 17.8 Å². The van der Waals surface area contributed by atoms with Gasteiger partial charge in [-0.25, -0.2) is 4.98 Å². The van der Waals surface area contributed by atoms with E-state index in [1.54, 1.807) is 11.3 Å². The summed E-state index contributed by atoms with van der Waals surface area (Å²) in [7, 11) is 0. The molecule has 0 amide bonds. The lowest BCUT2D eigenvalue weighted by Gasteiger charge is -2.45. The molecule has 0 unspecified atom stereocenters. The zero-order chi connectivity index (χ0) is 15.3. The molecule has 0 aliphatic heterocycles. The average molecular weight is 302 g/mol. The number of hydrogen-bond acceptors (Lipinski definition) is 3. The number of nitrogens with zero attached hydrogens (tertiary/aromatic N) is 1. The van der Waals surface area contributed by atoms with E-state index in [0.717, 1.165) is 10.6 Å². The first-order chi connectivity index (χ1) is 9.72. The van der Waals surface area contributed by atoms with E-state index in [4.69, 9.17) is 4.98 Å². The predicted molar refractivity (Wildman–Crippen MR) is 93.2 cm³/mol. The Bertz CT molecular complexity index is 638. The minimum atomic E-state index is 0.409. The third-order valence-electron chi connectivity index (χ3n) is 4.43. The van der Waals surface area contributed by atoms with Crippen LogP contribution in [-0.2, 0) is 0 Å². The van der Waals surface area contributed by atoms with Gasteiger partial charge >= 0.3 is 0 Å². The van der Waals surface area contributed by atoms with Crippen LogP contribution in [0.1, 0.15) is 52.5 Å². The summed E-state index contributed by atoms with van der Waals surface area (Å²) in [6, 6.07) is 7.05. The van der Waals surface area contributed by atoms with Gasteiger partial charge in [0.1, 0.15) is 0 Å². The maximum Gasteiger partial charge on any atom is 0.184 e. The molecule has 3 rings (SSSR count). The molecule has 0 radical (unpaired) electrons. The molecule has 0 bridgehead atoms. The number of aromatic nitrogens is 1. The SMILES string of the molecule is Cc1ccc2sc(NC3CC(C)(C)CC(C)(C)C3)nc2c1. The Kier molecular flexibility index (Phi) is 3.52. The number of hydrogen-bond donors (Lipinski definition) is 1. The van der Waals surface area contributed by atoms with Crippen LogP contribution in [0.25, 0.3) is 10.2 Å². The first-order valence-electron chi connectivity index (χ1n) is 7.86. The first-order valence-corrected chi connectivity index (χ1v) is 8.68. The Morgan fingerprint density at radius 1 is 1.14 bits per heavy atom. The summed E-state index contributed by atoms with van der Waals surface area (Å²) in [5, 5.41) is 4.79. The molecule has 3 heteroatoms. The minimum Gasteiger partial charge on any atom is -0.359 e. The summed E-state index contributed by atoms with van der Waals surface area (Å²) in [6.07, 6.45) is 3.76. The van der Waals surface area contributed by atoms with Gasteiger partial charge in [0, 0.05) is 6.04 Å². The number of nitrogens with one attached hydrogen (secondary N) is 1. The number of anilines is 1. The Morgan fingerprint density at radius 2 is 1.81 bits per heavy atom. The van der Waals surface area contributed by atoms with E-state index in [-0.39, 0.29) is 0 Å². The molecule has 21 heavy (non-hydrogen) atoms. The Hall–Kier alpha value is -1.09. The third-order valence-corrected chi connectivity index (χ3v) is 5.39. The third kappa shape index (κ3) is 3.39. The Morgan fingerprint density at radius 3 is 2.48 bits per heavy atom. The second-order valence-corrected chi connectivity index (χ2v) is 9.28. The number of thiazole rings is 1. The lowest BCUT2D eigenvalue weighted by atomic mass is 9.63. The Labute approximate surface area is 132 Å². The van der Waals surface area contributed by atoms with Gasteiger partial charge < -0.3 is 5.32 Å². The van der Waals surface area contributed by atoms with Crippen LogP contribution in [0.3, 0.4) is 0 Å². The first kappa shape index (κ1) is 14.8. The summed E-state index contributed by atoms with van der Waals surface area (Å²) in [5.74, 6) is 0. The summed E-state index contributed by atoms with van der Waals surface area (Å²) in [5.41, 5.74) is 3.22. The summed E-state index contributed by atoms with van der Waals surface area (Å²) in [6.45, 7) is 11.7. The van der Waals surface area contributed by atoms with E-state index in [1.807, 2.05) is 0 Å². The number of aryl methyl sites for hydroxylation is 1. The van der Waals surface area contributed by atoms with Crippen molar-refractivity contribution in [2.45, 2.75) is 59.9 Å². The van der Waals surface area contributed by atoms with Gasteiger partial charge in [-0.15, -0.1) is 0 Å². The highest BCUT2D eigenvalue weighted by Crippen LogP contribution is 2.46. The molecule has 1 N–H and O–H groups in total. The largest absolute Gasteiger partial charge is 0.359 e. The summed E-state index contributed by atoms with van der Waals surface area (Å²) < 4.78 is 1.28. The molecule has 1 aromatic carbocycles. The van der Waals surface area contributed by atoms with E-state index in [0.29, 0.717) is 16.9 Å². The molecule has 1 aliphatic rings. The monoisotopic (exact) mass is 302 g/mol. The number of fused-ring (bicyclic) bond motifs is 1. The van der Waals surface area contributed by atoms with Crippen molar-refractivity contribution in [1.82, 2.24) is 4.98 Å². The highest BCUT2D eigenvalue weighted by atomic mass is 32.1. The van der Waals surface area contributed by atoms with Crippen molar-refractivity contribution in [2.24, 2.45) is 10.8 Å². The van der Waals surface area contributed by atoms with Crippen molar-refractivity contribution < 1.29 is 0 Å². The fourth-order valence-corrected chi connectivity index (χ4v) is 5.15. The topological polar surface area (TPSA) is 24.9 Å². The summed E-state index contributed by atoms with van der Waals surface area (Å²) in [4.78, 5) is 4.77. The normalized spacial score (nSPS) is 21.6. The zero-order valence-corrected chi connectivity index (χ0v) is 14.6. The second-order valence-electron chi connectivity index (χ2n) is 8.24. The van der Waals surface area contributed by atoms with Gasteiger partial charge in [0.2, 0.25) is 0 Å². The molecule has 1 fully saturated rings. The molecule has 1 aromatic heterocycles. The van der Waals surface area contributed by atoms with Crippen LogP contribution in [-0.4, -0.2) is 11.0 Å². The van der Waals surface area contributed by atoms with Gasteiger partial charge in [0.05, 0.1) is 10.2 Å². The van der Waals surface area contributed by atoms with Gasteiger partial charge in [-0.3, -0.25) is 0 Å². The van der Waals surface area contributed by atoms with Gasteiger partial charge in [0.15, 0.2) is 5.13 Å². The molecule has 2 nitrogen and oxygen atoms in total. The van der Waals surface area contributed by atoms with Crippen molar-refractivity contribution in [3.05, 3.63) is 23.8 Å². The maximum atomic E-state index is 4.77. The summed E-state index contributed by atoms with van der Waals surface area (Å²) >= 11 is 1.78. The molecule has 2 aromatic rings. The molecule has 1 saturated carbocycles. The number of rotatable bonds is 2. The fourth-order valence-electron chi connectivity index (χ4n) is 4.22. The van der Waals surface area contributed by atoms with Gasteiger partial charge in [-0.2, -0.15) is 0 Å². The molecule has 0 spiro atoms. The van der Waals surface area contributed by atoms with Crippen LogP contribution in [0.4, 0.5) is 5.13 Å². The molecular formula is C18H26N2S. The minimum absolute atomic E-state index is 0.409. The van der Waals surface area contributed by atoms with Crippen LogP contribution in [0.2, 0.25) is 0 Å². The van der Waals surface area contributed by atoms with Crippen molar-refractivity contribution in [1.29, 1.82) is 0 Å². The van der Waals surface area contributed by atoms with E-state index < -0.39 is 0 Å². The standard InChI is InChI=1S/C18H26N2S/c1-12-6-7-15-14(8-12)20-16(21-15)19-13-9-17(2,3)11-18(4,5)10-13/h6-8,13H,9-11H2,1-5H3,(H,19,20). The molecule has 0 atom stereocenters. The average Bonchev–Trinajstić information content (AvgIpc) is 2.65. The molecular weight excluding hydrogens is 276 g/mol. The smallest absolute Gasteiger partial charge is 0.184 e. The number of benzene rings is 1. The van der Waals surface area contributed by atoms with Crippen LogP contribution in [0.5, 0.6) is 0 Å². The lowest BCUT2D eigenvalue weighted by Crippen LogP contribution is -2.40. The van der Waals surface area contributed by atoms with Gasteiger partial charge in [-0.05, 0) is 54.7 Å². The van der Waals surface area contributed by atoms with Crippen LogP contribution < -0.4 is 5.32 Å². The molecule has 1 aliphatic carbocycles. The predicted octanol–water partition coefficient (Wildman–Crippen LogP) is 5.62.